The van der Waals surface area contributed by atoms with Crippen LogP contribution in [0.1, 0.15) is 0 Å². The van der Waals surface area contributed by atoms with Gasteiger partial charge in [0.05, 0.1) is 19.3 Å². The van der Waals surface area contributed by atoms with Gasteiger partial charge in [0.1, 0.15) is 18.3 Å². The summed E-state index contributed by atoms with van der Waals surface area (Å²) in [6, 6.07) is -0.484. The topological polar surface area (TPSA) is 108 Å². The molecule has 1 aliphatic rings. The van der Waals surface area contributed by atoms with Gasteiger partial charge in [-0.3, -0.25) is 11.3 Å². The van der Waals surface area contributed by atoms with Gasteiger partial charge in [-0.15, -0.1) is 0 Å². The molecule has 1 aliphatic heterocycles. The van der Waals surface area contributed by atoms with Gasteiger partial charge in [-0.2, -0.15) is 0 Å². The Labute approximate surface area is 69.9 Å². The maximum atomic E-state index is 9.36. The van der Waals surface area contributed by atoms with Crippen molar-refractivity contribution < 1.29 is 20.1 Å². The van der Waals surface area contributed by atoms with Crippen molar-refractivity contribution in [3.63, 3.8) is 0 Å². The smallest absolute Gasteiger partial charge is 0.110 e. The van der Waals surface area contributed by atoms with E-state index >= 15 is 0 Å². The predicted molar refractivity (Wildman–Crippen MR) is 40.0 cm³/mol. The fourth-order valence-electron chi connectivity index (χ4n) is 1.19. The average molecular weight is 178 g/mol. The molecular weight excluding hydrogens is 164 g/mol. The Morgan fingerprint density at radius 1 is 1.42 bits per heavy atom. The number of hydrogen-bond donors (Lipinski definition) is 5. The highest BCUT2D eigenvalue weighted by molar-refractivity contribution is 4.89. The first-order chi connectivity index (χ1) is 5.70. The Balaban J connectivity index is 2.52. The van der Waals surface area contributed by atoms with Crippen molar-refractivity contribution >= 4 is 0 Å². The minimum Gasteiger partial charge on any atom is -0.394 e. The molecule has 0 saturated carbocycles. The predicted octanol–water partition coefficient (Wildman–Crippen LogP) is -3.07. The molecule has 72 valence electrons. The normalized spacial score (nSPS) is 43.0. The summed E-state index contributed by atoms with van der Waals surface area (Å²) in [5.41, 5.74) is 2.31. The number of hydrazine groups is 1. The monoisotopic (exact) mass is 178 g/mol. The van der Waals surface area contributed by atoms with Gasteiger partial charge in [-0.05, 0) is 0 Å². The summed E-state index contributed by atoms with van der Waals surface area (Å²) in [5.74, 6) is 5.08. The van der Waals surface area contributed by atoms with Crippen LogP contribution in [0.25, 0.3) is 0 Å². The molecule has 1 heterocycles. The zero-order valence-electron chi connectivity index (χ0n) is 6.55. The molecular formula is C6H14N2O4. The van der Waals surface area contributed by atoms with Crippen LogP contribution in [0.5, 0.6) is 0 Å². The summed E-state index contributed by atoms with van der Waals surface area (Å²) in [4.78, 5) is 0. The van der Waals surface area contributed by atoms with Crippen LogP contribution in [0.3, 0.4) is 0 Å². The largest absolute Gasteiger partial charge is 0.394 e. The van der Waals surface area contributed by atoms with E-state index in [9.17, 15) is 10.2 Å². The molecule has 6 heteroatoms. The zero-order chi connectivity index (χ0) is 9.14. The first kappa shape index (κ1) is 9.85. The van der Waals surface area contributed by atoms with Gasteiger partial charge in [0.2, 0.25) is 0 Å². The van der Waals surface area contributed by atoms with Gasteiger partial charge in [-0.1, -0.05) is 0 Å². The van der Waals surface area contributed by atoms with Crippen molar-refractivity contribution in [3.05, 3.63) is 0 Å². The highest BCUT2D eigenvalue weighted by atomic mass is 16.5. The number of aliphatic hydroxyl groups excluding tert-OH is 3. The summed E-state index contributed by atoms with van der Waals surface area (Å²) in [7, 11) is 0. The maximum Gasteiger partial charge on any atom is 0.110 e. The number of nitrogens with two attached hydrogens (primary N) is 1. The van der Waals surface area contributed by atoms with Crippen molar-refractivity contribution in [2.75, 3.05) is 13.2 Å². The number of nitrogens with one attached hydrogen (secondary N) is 1. The number of rotatable bonds is 2. The lowest BCUT2D eigenvalue weighted by Gasteiger charge is -2.36. The summed E-state index contributed by atoms with van der Waals surface area (Å²) < 4.78 is 5.01. The standard InChI is InChI=1S/C6H14N2O4/c7-8-3-2-12-4(1-9)6(11)5(3)10/h3-6,8-11H,1-2,7H2. The van der Waals surface area contributed by atoms with Gasteiger partial charge in [0.15, 0.2) is 0 Å². The Hall–Kier alpha value is -0.240. The van der Waals surface area contributed by atoms with Crippen LogP contribution in [0, 0.1) is 0 Å². The highest BCUT2D eigenvalue weighted by Crippen LogP contribution is 2.14. The van der Waals surface area contributed by atoms with Crippen molar-refractivity contribution in [1.82, 2.24) is 5.43 Å². The summed E-state index contributed by atoms with van der Waals surface area (Å²) in [6.45, 7) is -0.129. The summed E-state index contributed by atoms with van der Waals surface area (Å²) >= 11 is 0. The molecule has 0 radical (unpaired) electrons. The van der Waals surface area contributed by atoms with Crippen LogP contribution in [0.4, 0.5) is 0 Å². The molecule has 0 spiro atoms. The fraction of sp³-hybridized carbons (Fsp3) is 1.00. The second kappa shape index (κ2) is 4.13. The van der Waals surface area contributed by atoms with E-state index in [-0.39, 0.29) is 13.2 Å². The van der Waals surface area contributed by atoms with Crippen LogP contribution >= 0.6 is 0 Å². The SMILES string of the molecule is NNC1COC(CO)C(O)C1O. The third-order valence-corrected chi connectivity index (χ3v) is 2.03. The molecule has 0 aromatic heterocycles. The summed E-state index contributed by atoms with van der Waals surface area (Å²) in [5, 5.41) is 27.4. The Bertz CT molecular complexity index is 130. The van der Waals surface area contributed by atoms with Crippen LogP contribution in [0.15, 0.2) is 0 Å². The fourth-order valence-corrected chi connectivity index (χ4v) is 1.19. The molecule has 0 aromatic rings. The third kappa shape index (κ3) is 1.74. The third-order valence-electron chi connectivity index (χ3n) is 2.03. The lowest BCUT2D eigenvalue weighted by Crippen LogP contribution is -2.60. The maximum absolute atomic E-state index is 9.36. The molecule has 1 saturated heterocycles. The van der Waals surface area contributed by atoms with Gasteiger partial charge in [-0.25, -0.2) is 0 Å². The van der Waals surface area contributed by atoms with Crippen molar-refractivity contribution in [3.8, 4) is 0 Å². The van der Waals surface area contributed by atoms with E-state index < -0.39 is 24.4 Å². The van der Waals surface area contributed by atoms with Crippen molar-refractivity contribution in [2.45, 2.75) is 24.4 Å². The first-order valence-electron chi connectivity index (χ1n) is 3.75. The van der Waals surface area contributed by atoms with E-state index in [4.69, 9.17) is 15.7 Å². The minimum absolute atomic E-state index is 0.181. The van der Waals surface area contributed by atoms with Crippen molar-refractivity contribution in [2.24, 2.45) is 5.84 Å². The second-order valence-electron chi connectivity index (χ2n) is 2.81. The van der Waals surface area contributed by atoms with E-state index in [1.54, 1.807) is 0 Å². The lowest BCUT2D eigenvalue weighted by molar-refractivity contribution is -0.161. The van der Waals surface area contributed by atoms with Crippen LogP contribution in [-0.2, 0) is 4.74 Å². The van der Waals surface area contributed by atoms with Gasteiger partial charge < -0.3 is 20.1 Å². The molecule has 4 atom stereocenters. The molecule has 6 nitrogen and oxygen atoms in total. The number of ether oxygens (including phenoxy) is 1. The molecule has 6 N–H and O–H groups in total. The van der Waals surface area contributed by atoms with E-state index in [1.165, 1.54) is 0 Å². The molecule has 0 aliphatic carbocycles. The lowest BCUT2D eigenvalue weighted by atomic mass is 9.99. The van der Waals surface area contributed by atoms with Crippen LogP contribution in [0.2, 0.25) is 0 Å². The molecule has 0 aromatic carbocycles. The van der Waals surface area contributed by atoms with E-state index in [1.807, 2.05) is 0 Å². The van der Waals surface area contributed by atoms with Gasteiger partial charge >= 0.3 is 0 Å². The Kier molecular flexibility index (Phi) is 3.39. The number of aliphatic hydroxyl groups is 3. The van der Waals surface area contributed by atoms with Crippen molar-refractivity contribution in [1.29, 1.82) is 0 Å². The molecule has 12 heavy (non-hydrogen) atoms. The molecule has 4 unspecified atom stereocenters. The van der Waals surface area contributed by atoms with Crippen LogP contribution in [-0.4, -0.2) is 52.9 Å². The first-order valence-corrected chi connectivity index (χ1v) is 3.75. The number of hydrogen-bond acceptors (Lipinski definition) is 6. The van der Waals surface area contributed by atoms with Gasteiger partial charge in [0.25, 0.3) is 0 Å². The molecule has 0 amide bonds. The van der Waals surface area contributed by atoms with E-state index in [0.717, 1.165) is 0 Å². The zero-order valence-corrected chi connectivity index (χ0v) is 6.55. The average Bonchev–Trinajstić information content (AvgIpc) is 2.10. The van der Waals surface area contributed by atoms with Gasteiger partial charge in [0, 0.05) is 0 Å². The minimum atomic E-state index is -1.09. The van der Waals surface area contributed by atoms with Crippen LogP contribution < -0.4 is 11.3 Å². The molecule has 1 fully saturated rings. The van der Waals surface area contributed by atoms with E-state index in [0.29, 0.717) is 0 Å². The highest BCUT2D eigenvalue weighted by Gasteiger charge is 2.37. The molecule has 0 bridgehead atoms. The Morgan fingerprint density at radius 3 is 2.58 bits per heavy atom. The Morgan fingerprint density at radius 2 is 2.08 bits per heavy atom. The quantitative estimate of drug-likeness (QED) is 0.227. The van der Waals surface area contributed by atoms with E-state index in [2.05, 4.69) is 5.43 Å². The second-order valence-corrected chi connectivity index (χ2v) is 2.81. The summed E-state index contributed by atoms with van der Waals surface area (Å²) in [6.07, 6.45) is -2.81. The molecule has 1 rings (SSSR count).